The van der Waals surface area contributed by atoms with E-state index in [0.29, 0.717) is 0 Å². The number of rotatable bonds is 6. The number of aromatic nitrogens is 2. The highest BCUT2D eigenvalue weighted by atomic mass is 14.9. The standard InChI is InChI=1S/C36H25N4/c1-5-14-25(15-6-1)31-33(39-35(37-31)27-18-9-3-10-19-27)29-22-13-23-30(24-29)34-32(26-16-7-2-8-17-26)38-36(40-34)28-20-11-4-12-21-28/h1-24H,(H,37,39)/q+1. The fraction of sp³-hybridized carbons (Fsp3) is 0. The Kier molecular flexibility index (Phi) is 6.06. The van der Waals surface area contributed by atoms with Crippen molar-refractivity contribution in [3.05, 3.63) is 162 Å². The summed E-state index contributed by atoms with van der Waals surface area (Å²) in [6.07, 6.45) is 0. The van der Waals surface area contributed by atoms with Gasteiger partial charge in [-0.25, -0.2) is 4.98 Å². The Morgan fingerprint density at radius 1 is 0.475 bits per heavy atom. The second kappa shape index (κ2) is 10.3. The first-order valence-electron chi connectivity index (χ1n) is 13.3. The lowest BCUT2D eigenvalue weighted by molar-refractivity contribution is 1.31. The predicted molar refractivity (Wildman–Crippen MR) is 165 cm³/mol. The van der Waals surface area contributed by atoms with Gasteiger partial charge in [0.25, 0.3) is 5.71 Å². The molecule has 0 aliphatic carbocycles. The molecule has 4 nitrogen and oxygen atoms in total. The maximum Gasteiger partial charge on any atom is 0.423 e. The molecule has 0 spiro atoms. The molecule has 0 radical (unpaired) electrons. The van der Waals surface area contributed by atoms with Gasteiger partial charge in [0, 0.05) is 27.8 Å². The van der Waals surface area contributed by atoms with Gasteiger partial charge < -0.3 is 4.98 Å². The average Bonchev–Trinajstić information content (AvgIpc) is 3.69. The zero-order chi connectivity index (χ0) is 26.7. The molecule has 0 unspecified atom stereocenters. The van der Waals surface area contributed by atoms with Crippen LogP contribution in [0, 0.1) is 0 Å². The highest BCUT2D eigenvalue weighted by Crippen LogP contribution is 2.33. The Morgan fingerprint density at radius 3 is 1.65 bits per heavy atom. The number of hydrogen-bond acceptors (Lipinski definition) is 2. The Balaban J connectivity index is 1.36. The number of benzene rings is 5. The Labute approximate surface area is 232 Å². The second-order valence-corrected chi connectivity index (χ2v) is 9.60. The number of nitrogens with one attached hydrogen (secondary N) is 1. The highest BCUT2D eigenvalue weighted by Gasteiger charge is 2.33. The third kappa shape index (κ3) is 4.49. The first-order valence-corrected chi connectivity index (χ1v) is 13.3. The van der Waals surface area contributed by atoms with Crippen LogP contribution in [-0.4, -0.2) is 27.2 Å². The molecular formula is C36H25N4+. The van der Waals surface area contributed by atoms with Crippen molar-refractivity contribution in [3.8, 4) is 33.9 Å². The van der Waals surface area contributed by atoms with Crippen LogP contribution in [0.25, 0.3) is 33.9 Å². The quantitative estimate of drug-likeness (QED) is 0.235. The minimum atomic E-state index is 0.720. The molecule has 2 heterocycles. The summed E-state index contributed by atoms with van der Waals surface area (Å²) < 4.78 is 5.01. The van der Waals surface area contributed by atoms with Crippen molar-refractivity contribution in [2.75, 3.05) is 0 Å². The number of nitrogens with zero attached hydrogens (tertiary/aromatic N) is 3. The van der Waals surface area contributed by atoms with Gasteiger partial charge in [0.1, 0.15) is 5.82 Å². The van der Waals surface area contributed by atoms with Gasteiger partial charge in [-0.05, 0) is 35.3 Å². The zero-order valence-corrected chi connectivity index (χ0v) is 21.7. The summed E-state index contributed by atoms with van der Waals surface area (Å²) in [5, 5.41) is 0. The van der Waals surface area contributed by atoms with Crippen molar-refractivity contribution in [3.63, 3.8) is 0 Å². The summed E-state index contributed by atoms with van der Waals surface area (Å²) in [4.78, 5) is 13.7. The molecule has 0 bridgehead atoms. The van der Waals surface area contributed by atoms with Gasteiger partial charge in [-0.2, -0.15) is 4.67 Å². The molecule has 0 fully saturated rings. The first-order chi connectivity index (χ1) is 19.8. The fourth-order valence-electron chi connectivity index (χ4n) is 5.00. The van der Waals surface area contributed by atoms with Gasteiger partial charge in [0.15, 0.2) is 0 Å². The average molecular weight is 514 g/mol. The fourth-order valence-corrected chi connectivity index (χ4v) is 5.00. The predicted octanol–water partition coefficient (Wildman–Crippen LogP) is 7.22. The number of H-pyrrole nitrogens is 1. The van der Waals surface area contributed by atoms with Crippen molar-refractivity contribution in [1.82, 2.24) is 14.6 Å². The van der Waals surface area contributed by atoms with Crippen LogP contribution in [0.5, 0.6) is 0 Å². The van der Waals surface area contributed by atoms with E-state index in [9.17, 15) is 0 Å². The van der Waals surface area contributed by atoms with E-state index >= 15 is 0 Å². The van der Waals surface area contributed by atoms with Crippen LogP contribution in [0.3, 0.4) is 0 Å². The molecule has 0 atom stereocenters. The maximum absolute atomic E-state index is 5.06. The van der Waals surface area contributed by atoms with E-state index in [4.69, 9.17) is 14.6 Å². The zero-order valence-electron chi connectivity index (χ0n) is 21.7. The van der Waals surface area contributed by atoms with Crippen molar-refractivity contribution in [1.29, 1.82) is 0 Å². The topological polar surface area (TPSA) is 55.1 Å². The van der Waals surface area contributed by atoms with Gasteiger partial charge in [0.05, 0.1) is 17.0 Å². The number of imidazole rings is 1. The van der Waals surface area contributed by atoms with Gasteiger partial charge in [-0.3, -0.25) is 0 Å². The van der Waals surface area contributed by atoms with Gasteiger partial charge in [-0.15, -0.1) is 0 Å². The van der Waals surface area contributed by atoms with Crippen LogP contribution in [0.4, 0.5) is 0 Å². The van der Waals surface area contributed by atoms with Crippen LogP contribution in [0.15, 0.2) is 151 Å². The second-order valence-electron chi connectivity index (χ2n) is 9.60. The molecule has 6 aromatic rings. The molecule has 1 aliphatic rings. The number of aromatic amines is 1. The molecule has 7 rings (SSSR count). The van der Waals surface area contributed by atoms with Crippen LogP contribution in [0.2, 0.25) is 0 Å². The lowest BCUT2D eigenvalue weighted by Crippen LogP contribution is -2.16. The van der Waals surface area contributed by atoms with Gasteiger partial charge >= 0.3 is 5.84 Å². The first kappa shape index (κ1) is 23.5. The summed E-state index contributed by atoms with van der Waals surface area (Å²) in [5.41, 5.74) is 9.79. The smallest absolute Gasteiger partial charge is 0.337 e. The minimum Gasteiger partial charge on any atom is -0.337 e. The number of hydrogen-bond donors (Lipinski definition) is 1. The lowest BCUT2D eigenvalue weighted by atomic mass is 9.97. The van der Waals surface area contributed by atoms with E-state index in [1.807, 2.05) is 84.9 Å². The molecule has 1 N–H and O–H groups in total. The highest BCUT2D eigenvalue weighted by molar-refractivity contribution is 6.56. The maximum atomic E-state index is 5.06. The van der Waals surface area contributed by atoms with E-state index < -0.39 is 0 Å². The van der Waals surface area contributed by atoms with Crippen LogP contribution in [-0.2, 0) is 0 Å². The molecule has 4 heteroatoms. The molecule has 5 aromatic carbocycles. The Morgan fingerprint density at radius 2 is 1.00 bits per heavy atom. The Hall–Kier alpha value is -5.57. The lowest BCUT2D eigenvalue weighted by Gasteiger charge is -2.05. The van der Waals surface area contributed by atoms with Crippen molar-refractivity contribution >= 4 is 17.3 Å². The van der Waals surface area contributed by atoms with Crippen molar-refractivity contribution < 1.29 is 0 Å². The van der Waals surface area contributed by atoms with Gasteiger partial charge in [-0.1, -0.05) is 115 Å². The monoisotopic (exact) mass is 513 g/mol. The molecule has 40 heavy (non-hydrogen) atoms. The molecule has 0 saturated carbocycles. The summed E-state index contributed by atoms with van der Waals surface area (Å²) in [6.45, 7) is 0. The summed E-state index contributed by atoms with van der Waals surface area (Å²) in [7, 11) is 0. The SMILES string of the molecule is c1ccc(C2=[N+]=C(c3ccccc3)C(c3cccc(-c4[nH]c(-c5ccccc5)nc4-c4ccccc4)c3)=N2)cc1. The van der Waals surface area contributed by atoms with Crippen LogP contribution >= 0.6 is 0 Å². The van der Waals surface area contributed by atoms with Crippen LogP contribution in [0.1, 0.15) is 16.7 Å². The van der Waals surface area contributed by atoms with E-state index in [0.717, 1.165) is 67.9 Å². The molecule has 188 valence electrons. The van der Waals surface area contributed by atoms with Crippen LogP contribution < -0.4 is 4.67 Å². The Bertz CT molecular complexity index is 1900. The molecule has 0 saturated heterocycles. The molecule has 0 amide bonds. The van der Waals surface area contributed by atoms with Crippen molar-refractivity contribution in [2.45, 2.75) is 0 Å². The van der Waals surface area contributed by atoms with E-state index in [1.165, 1.54) is 0 Å². The van der Waals surface area contributed by atoms with E-state index in [1.54, 1.807) is 0 Å². The summed E-state index contributed by atoms with van der Waals surface area (Å²) >= 11 is 0. The van der Waals surface area contributed by atoms with E-state index in [2.05, 4.69) is 65.6 Å². The molecular weight excluding hydrogens is 488 g/mol. The summed E-state index contributed by atoms with van der Waals surface area (Å²) in [5.74, 6) is 1.56. The molecule has 1 aliphatic heterocycles. The minimum absolute atomic E-state index is 0.720. The number of amidine groups is 1. The third-order valence-corrected chi connectivity index (χ3v) is 6.96. The van der Waals surface area contributed by atoms with Gasteiger partial charge in [0.2, 0.25) is 5.71 Å². The normalized spacial score (nSPS) is 12.6. The number of aliphatic imine (C=N–C) groups is 1. The van der Waals surface area contributed by atoms with Crippen molar-refractivity contribution in [2.24, 2.45) is 4.99 Å². The molecule has 1 aromatic heterocycles. The summed E-state index contributed by atoms with van der Waals surface area (Å²) in [6, 6.07) is 49.4. The third-order valence-electron chi connectivity index (χ3n) is 6.96. The largest absolute Gasteiger partial charge is 0.423 e. The van der Waals surface area contributed by atoms with E-state index in [-0.39, 0.29) is 0 Å².